The Kier molecular flexibility index (Phi) is 3.65. The van der Waals surface area contributed by atoms with Gasteiger partial charge in [0.05, 0.1) is 18.2 Å². The maximum absolute atomic E-state index is 10.6. The number of rotatable bonds is 3. The molecule has 0 aromatic rings. The van der Waals surface area contributed by atoms with Gasteiger partial charge in [-0.3, -0.25) is 10.1 Å². The summed E-state index contributed by atoms with van der Waals surface area (Å²) in [5.74, 6) is -0.968. The molecule has 11 heavy (non-hydrogen) atoms. The van der Waals surface area contributed by atoms with E-state index in [1.165, 1.54) is 7.05 Å². The number of esters is 1. The molecule has 0 aliphatic rings. The second-order valence-corrected chi connectivity index (χ2v) is 1.57. The highest BCUT2D eigenvalue weighted by atomic mass is 16.6. The normalized spacial score (nSPS) is 10.5. The van der Waals surface area contributed by atoms with Gasteiger partial charge in [0, 0.05) is 7.05 Å². The summed E-state index contributed by atoms with van der Waals surface area (Å²) in [6.45, 7) is 0. The zero-order valence-electron chi connectivity index (χ0n) is 6.16. The van der Waals surface area contributed by atoms with E-state index in [1.54, 1.807) is 0 Å². The fourth-order valence-electron chi connectivity index (χ4n) is 0.427. The number of nitrogens with one attached hydrogen (secondary N) is 1. The van der Waals surface area contributed by atoms with Gasteiger partial charge in [0.25, 0.3) is 0 Å². The summed E-state index contributed by atoms with van der Waals surface area (Å²) in [4.78, 5) is 19.8. The number of hydrogen-bond donors (Lipinski definition) is 1. The fraction of sp³-hybridized carbons (Fsp3) is 0.400. The van der Waals surface area contributed by atoms with Crippen molar-refractivity contribution in [1.82, 2.24) is 5.32 Å². The molecule has 0 saturated heterocycles. The predicted octanol–water partition coefficient (Wildman–Crippen LogP) is -0.503. The molecule has 0 amide bonds. The van der Waals surface area contributed by atoms with Crippen molar-refractivity contribution in [2.24, 2.45) is 0 Å². The Morgan fingerprint density at radius 1 is 1.73 bits per heavy atom. The third-order valence-electron chi connectivity index (χ3n) is 0.872. The number of carbonyl (C=O) groups is 1. The standard InChI is InChI=1S/C5H8N2O4/c1-6-3-4(7(9)10)5(8)11-2/h3,6H,1-2H3. The molecule has 0 radical (unpaired) electrons. The predicted molar refractivity (Wildman–Crippen MR) is 36.2 cm³/mol. The summed E-state index contributed by atoms with van der Waals surface area (Å²) < 4.78 is 4.14. The van der Waals surface area contributed by atoms with Gasteiger partial charge in [-0.2, -0.15) is 0 Å². The van der Waals surface area contributed by atoms with Gasteiger partial charge in [-0.1, -0.05) is 0 Å². The monoisotopic (exact) mass is 160 g/mol. The molecule has 0 saturated carbocycles. The maximum atomic E-state index is 10.6. The minimum Gasteiger partial charge on any atom is -0.461 e. The molecule has 0 aliphatic carbocycles. The van der Waals surface area contributed by atoms with Crippen molar-refractivity contribution in [3.63, 3.8) is 0 Å². The van der Waals surface area contributed by atoms with Gasteiger partial charge in [-0.15, -0.1) is 0 Å². The average Bonchev–Trinajstić information content (AvgIpc) is 1.98. The Morgan fingerprint density at radius 3 is 2.55 bits per heavy atom. The van der Waals surface area contributed by atoms with Gasteiger partial charge >= 0.3 is 11.7 Å². The molecule has 0 bridgehead atoms. The number of nitro groups is 1. The van der Waals surface area contributed by atoms with Gasteiger partial charge in [0.1, 0.15) is 0 Å². The lowest BCUT2D eigenvalue weighted by Gasteiger charge is -1.94. The molecule has 0 aromatic heterocycles. The molecular formula is C5H8N2O4. The number of nitrogens with zero attached hydrogens (tertiary/aromatic N) is 1. The van der Waals surface area contributed by atoms with E-state index in [-0.39, 0.29) is 0 Å². The molecule has 0 atom stereocenters. The molecule has 1 N–H and O–H groups in total. The van der Waals surface area contributed by atoms with Crippen molar-refractivity contribution in [1.29, 1.82) is 0 Å². The zero-order chi connectivity index (χ0) is 8.85. The van der Waals surface area contributed by atoms with Crippen LogP contribution < -0.4 is 5.32 Å². The first-order valence-corrected chi connectivity index (χ1v) is 2.73. The average molecular weight is 160 g/mol. The topological polar surface area (TPSA) is 81.5 Å². The Morgan fingerprint density at radius 2 is 2.27 bits per heavy atom. The lowest BCUT2D eigenvalue weighted by Crippen LogP contribution is -2.15. The van der Waals surface area contributed by atoms with Crippen molar-refractivity contribution in [2.75, 3.05) is 14.2 Å². The van der Waals surface area contributed by atoms with E-state index in [0.29, 0.717) is 0 Å². The number of carbonyl (C=O) groups excluding carboxylic acids is 1. The molecule has 0 unspecified atom stereocenters. The lowest BCUT2D eigenvalue weighted by atomic mass is 10.5. The van der Waals surface area contributed by atoms with Crippen LogP contribution >= 0.6 is 0 Å². The minimum atomic E-state index is -0.968. The fourth-order valence-corrected chi connectivity index (χ4v) is 0.427. The van der Waals surface area contributed by atoms with E-state index < -0.39 is 16.6 Å². The third-order valence-corrected chi connectivity index (χ3v) is 0.872. The van der Waals surface area contributed by atoms with Gasteiger partial charge in [0.15, 0.2) is 0 Å². The summed E-state index contributed by atoms with van der Waals surface area (Å²) >= 11 is 0. The number of ether oxygens (including phenoxy) is 1. The van der Waals surface area contributed by atoms with Crippen LogP contribution in [0.4, 0.5) is 0 Å². The van der Waals surface area contributed by atoms with Crippen LogP contribution in [0, 0.1) is 10.1 Å². The smallest absolute Gasteiger partial charge is 0.411 e. The highest BCUT2D eigenvalue weighted by molar-refractivity contribution is 5.85. The van der Waals surface area contributed by atoms with Crippen molar-refractivity contribution in [3.05, 3.63) is 22.0 Å². The summed E-state index contributed by atoms with van der Waals surface area (Å²) in [5.41, 5.74) is -0.616. The quantitative estimate of drug-likeness (QED) is 0.260. The van der Waals surface area contributed by atoms with E-state index in [4.69, 9.17) is 0 Å². The molecule has 0 rings (SSSR count). The van der Waals surface area contributed by atoms with Crippen LogP contribution in [-0.4, -0.2) is 25.1 Å². The zero-order valence-corrected chi connectivity index (χ0v) is 6.16. The Bertz CT molecular complexity index is 199. The molecule has 0 aromatic carbocycles. The molecule has 0 heterocycles. The van der Waals surface area contributed by atoms with Crippen LogP contribution in [-0.2, 0) is 9.53 Å². The first-order valence-electron chi connectivity index (χ1n) is 2.73. The Labute approximate surface area is 63.0 Å². The number of hydrogen-bond acceptors (Lipinski definition) is 5. The van der Waals surface area contributed by atoms with Gasteiger partial charge < -0.3 is 10.1 Å². The summed E-state index contributed by atoms with van der Waals surface area (Å²) in [6, 6.07) is 0. The maximum Gasteiger partial charge on any atom is 0.411 e. The Balaban J connectivity index is 4.48. The van der Waals surface area contributed by atoms with Crippen molar-refractivity contribution >= 4 is 5.97 Å². The molecule has 0 aliphatic heterocycles. The van der Waals surface area contributed by atoms with Crippen molar-refractivity contribution in [2.45, 2.75) is 0 Å². The van der Waals surface area contributed by atoms with Crippen LogP contribution in [0.3, 0.4) is 0 Å². The molecule has 6 heteroatoms. The highest BCUT2D eigenvalue weighted by Gasteiger charge is 2.21. The minimum absolute atomic E-state index is 0.616. The molecule has 6 nitrogen and oxygen atoms in total. The van der Waals surface area contributed by atoms with Crippen LogP contribution in [0.1, 0.15) is 0 Å². The van der Waals surface area contributed by atoms with E-state index in [0.717, 1.165) is 13.3 Å². The van der Waals surface area contributed by atoms with E-state index in [1.807, 2.05) is 0 Å². The molecule has 0 spiro atoms. The van der Waals surface area contributed by atoms with E-state index >= 15 is 0 Å². The third kappa shape index (κ3) is 2.65. The first-order chi connectivity index (χ1) is 5.13. The van der Waals surface area contributed by atoms with Gasteiger partial charge in [0.2, 0.25) is 0 Å². The van der Waals surface area contributed by atoms with Gasteiger partial charge in [-0.05, 0) is 0 Å². The van der Waals surface area contributed by atoms with Crippen LogP contribution in [0.15, 0.2) is 11.9 Å². The molecule has 62 valence electrons. The van der Waals surface area contributed by atoms with Crippen LogP contribution in [0.5, 0.6) is 0 Å². The summed E-state index contributed by atoms with van der Waals surface area (Å²) in [5, 5.41) is 12.4. The van der Waals surface area contributed by atoms with Crippen molar-refractivity contribution in [3.8, 4) is 0 Å². The number of methoxy groups -OCH3 is 1. The lowest BCUT2D eigenvalue weighted by molar-refractivity contribution is -0.421. The first kappa shape index (κ1) is 9.41. The summed E-state index contributed by atoms with van der Waals surface area (Å²) in [6.07, 6.45) is 0.964. The molecule has 0 fully saturated rings. The van der Waals surface area contributed by atoms with E-state index in [2.05, 4.69) is 10.1 Å². The van der Waals surface area contributed by atoms with Crippen LogP contribution in [0.25, 0.3) is 0 Å². The molecular weight excluding hydrogens is 152 g/mol. The Hall–Kier alpha value is -1.59. The van der Waals surface area contributed by atoms with Gasteiger partial charge in [-0.25, -0.2) is 4.79 Å². The second-order valence-electron chi connectivity index (χ2n) is 1.57. The largest absolute Gasteiger partial charge is 0.461 e. The van der Waals surface area contributed by atoms with E-state index in [9.17, 15) is 14.9 Å². The second kappa shape index (κ2) is 4.26. The summed E-state index contributed by atoms with van der Waals surface area (Å²) in [7, 11) is 2.53. The van der Waals surface area contributed by atoms with Crippen LogP contribution in [0.2, 0.25) is 0 Å². The van der Waals surface area contributed by atoms with Crippen molar-refractivity contribution < 1.29 is 14.5 Å². The SMILES string of the molecule is CNC=C(C(=O)OC)[N+](=O)[O-]. The highest BCUT2D eigenvalue weighted by Crippen LogP contribution is 1.95.